The van der Waals surface area contributed by atoms with E-state index in [9.17, 15) is 4.79 Å². The molecular weight excluding hydrogens is 228 g/mol. The van der Waals surface area contributed by atoms with E-state index < -0.39 is 0 Å². The van der Waals surface area contributed by atoms with Gasteiger partial charge < -0.3 is 15.8 Å². The molecule has 16 heavy (non-hydrogen) atoms. The summed E-state index contributed by atoms with van der Waals surface area (Å²) in [6, 6.07) is 5.34. The van der Waals surface area contributed by atoms with Crippen molar-refractivity contribution in [1.82, 2.24) is 0 Å². The Labute approximate surface area is 99.7 Å². The van der Waals surface area contributed by atoms with Gasteiger partial charge in [-0.1, -0.05) is 18.5 Å². The lowest BCUT2D eigenvalue weighted by atomic mass is 10.1. The molecule has 5 heteroatoms. The van der Waals surface area contributed by atoms with Crippen LogP contribution in [0, 0.1) is 5.92 Å². The Kier molecular flexibility index (Phi) is 4.43. The van der Waals surface area contributed by atoms with Crippen LogP contribution in [0.5, 0.6) is 5.75 Å². The molecule has 0 saturated carbocycles. The van der Waals surface area contributed by atoms with Gasteiger partial charge in [-0.05, 0) is 18.2 Å². The van der Waals surface area contributed by atoms with E-state index in [1.54, 1.807) is 26.2 Å². The second-order valence-corrected chi connectivity index (χ2v) is 3.94. The molecule has 0 fully saturated rings. The average molecular weight is 243 g/mol. The van der Waals surface area contributed by atoms with E-state index in [4.69, 9.17) is 22.1 Å². The Morgan fingerprint density at radius 1 is 1.62 bits per heavy atom. The molecule has 0 saturated heterocycles. The van der Waals surface area contributed by atoms with Crippen LogP contribution in [0.25, 0.3) is 0 Å². The van der Waals surface area contributed by atoms with Crippen LogP contribution in [-0.2, 0) is 4.79 Å². The van der Waals surface area contributed by atoms with Gasteiger partial charge in [0.15, 0.2) is 0 Å². The zero-order chi connectivity index (χ0) is 12.1. The van der Waals surface area contributed by atoms with E-state index in [2.05, 4.69) is 5.32 Å². The number of benzene rings is 1. The largest absolute Gasteiger partial charge is 0.495 e. The van der Waals surface area contributed by atoms with Crippen LogP contribution in [0.2, 0.25) is 5.02 Å². The number of nitrogens with one attached hydrogen (secondary N) is 1. The first-order valence-corrected chi connectivity index (χ1v) is 5.29. The SMILES string of the molecule is COc1ccc(NCC(C)C(N)=O)cc1Cl. The molecule has 1 atom stereocenters. The fourth-order valence-corrected chi connectivity index (χ4v) is 1.41. The minimum absolute atomic E-state index is 0.221. The second-order valence-electron chi connectivity index (χ2n) is 3.53. The molecule has 0 heterocycles. The summed E-state index contributed by atoms with van der Waals surface area (Å²) in [5.41, 5.74) is 5.98. The molecule has 1 unspecified atom stereocenters. The van der Waals surface area contributed by atoms with Crippen molar-refractivity contribution in [2.45, 2.75) is 6.92 Å². The van der Waals surface area contributed by atoms with Crippen LogP contribution in [0.3, 0.4) is 0 Å². The van der Waals surface area contributed by atoms with Crippen LogP contribution in [-0.4, -0.2) is 19.6 Å². The maximum atomic E-state index is 10.8. The van der Waals surface area contributed by atoms with Gasteiger partial charge in [-0.3, -0.25) is 4.79 Å². The first kappa shape index (κ1) is 12.6. The molecule has 1 amide bonds. The Morgan fingerprint density at radius 2 is 2.31 bits per heavy atom. The Balaban J connectivity index is 2.62. The van der Waals surface area contributed by atoms with Crippen LogP contribution < -0.4 is 15.8 Å². The monoisotopic (exact) mass is 242 g/mol. The Hall–Kier alpha value is -1.42. The number of methoxy groups -OCH3 is 1. The summed E-state index contributed by atoms with van der Waals surface area (Å²) in [6.45, 7) is 2.25. The number of ether oxygens (including phenoxy) is 1. The highest BCUT2D eigenvalue weighted by Gasteiger charge is 2.08. The Bertz CT molecular complexity index is 382. The number of rotatable bonds is 5. The van der Waals surface area contributed by atoms with E-state index in [1.165, 1.54) is 0 Å². The first-order valence-electron chi connectivity index (χ1n) is 4.91. The summed E-state index contributed by atoms with van der Waals surface area (Å²) in [5, 5.41) is 3.60. The normalized spacial score (nSPS) is 11.9. The number of amides is 1. The minimum Gasteiger partial charge on any atom is -0.495 e. The molecule has 0 spiro atoms. The van der Waals surface area contributed by atoms with E-state index in [0.29, 0.717) is 17.3 Å². The van der Waals surface area contributed by atoms with Crippen molar-refractivity contribution in [2.24, 2.45) is 11.7 Å². The molecule has 1 rings (SSSR count). The molecule has 3 N–H and O–H groups in total. The summed E-state index contributed by atoms with van der Waals surface area (Å²) in [4.78, 5) is 10.8. The summed E-state index contributed by atoms with van der Waals surface area (Å²) in [5.74, 6) is 0.0724. The minimum atomic E-state index is -0.327. The fourth-order valence-electron chi connectivity index (χ4n) is 1.15. The van der Waals surface area contributed by atoms with Crippen molar-refractivity contribution in [3.05, 3.63) is 23.2 Å². The molecule has 0 aliphatic rings. The molecule has 0 radical (unpaired) electrons. The van der Waals surface area contributed by atoms with Gasteiger partial charge in [0, 0.05) is 12.2 Å². The lowest BCUT2D eigenvalue weighted by Crippen LogP contribution is -2.26. The summed E-state index contributed by atoms with van der Waals surface area (Å²) in [7, 11) is 1.56. The maximum absolute atomic E-state index is 10.8. The number of hydrogen-bond acceptors (Lipinski definition) is 3. The van der Waals surface area contributed by atoms with Crippen molar-refractivity contribution >= 4 is 23.2 Å². The van der Waals surface area contributed by atoms with E-state index >= 15 is 0 Å². The van der Waals surface area contributed by atoms with Crippen molar-refractivity contribution in [3.8, 4) is 5.75 Å². The number of halogens is 1. The lowest BCUT2D eigenvalue weighted by Gasteiger charge is -2.11. The predicted octanol–water partition coefficient (Wildman–Crippen LogP) is 1.88. The quantitative estimate of drug-likeness (QED) is 0.829. The van der Waals surface area contributed by atoms with E-state index in [-0.39, 0.29) is 11.8 Å². The van der Waals surface area contributed by atoms with Gasteiger partial charge >= 0.3 is 0 Å². The van der Waals surface area contributed by atoms with Gasteiger partial charge in [0.1, 0.15) is 5.75 Å². The molecule has 0 aliphatic heterocycles. The van der Waals surface area contributed by atoms with Crippen LogP contribution in [0.4, 0.5) is 5.69 Å². The summed E-state index contributed by atoms with van der Waals surface area (Å²) >= 11 is 5.95. The molecule has 4 nitrogen and oxygen atoms in total. The third-order valence-corrected chi connectivity index (χ3v) is 2.55. The van der Waals surface area contributed by atoms with E-state index in [1.807, 2.05) is 6.07 Å². The van der Waals surface area contributed by atoms with Gasteiger partial charge in [-0.25, -0.2) is 0 Å². The number of hydrogen-bond donors (Lipinski definition) is 2. The van der Waals surface area contributed by atoms with Crippen LogP contribution in [0.1, 0.15) is 6.92 Å². The van der Waals surface area contributed by atoms with Crippen LogP contribution >= 0.6 is 11.6 Å². The van der Waals surface area contributed by atoms with Gasteiger partial charge in [-0.2, -0.15) is 0 Å². The van der Waals surface area contributed by atoms with Gasteiger partial charge in [-0.15, -0.1) is 0 Å². The molecule has 0 aromatic heterocycles. The predicted molar refractivity (Wildman–Crippen MR) is 64.9 cm³/mol. The number of nitrogens with two attached hydrogens (primary N) is 1. The third-order valence-electron chi connectivity index (χ3n) is 2.25. The molecule has 1 aromatic rings. The summed E-state index contributed by atoms with van der Waals surface area (Å²) < 4.78 is 5.03. The van der Waals surface area contributed by atoms with Crippen molar-refractivity contribution in [2.75, 3.05) is 19.0 Å². The van der Waals surface area contributed by atoms with Crippen molar-refractivity contribution < 1.29 is 9.53 Å². The highest BCUT2D eigenvalue weighted by atomic mass is 35.5. The second kappa shape index (κ2) is 5.61. The molecular formula is C11H15ClN2O2. The van der Waals surface area contributed by atoms with E-state index in [0.717, 1.165) is 5.69 Å². The molecule has 88 valence electrons. The Morgan fingerprint density at radius 3 is 2.81 bits per heavy atom. The summed E-state index contributed by atoms with van der Waals surface area (Å²) in [6.07, 6.45) is 0. The molecule has 1 aromatic carbocycles. The zero-order valence-corrected chi connectivity index (χ0v) is 10.0. The number of carbonyl (C=O) groups is 1. The highest BCUT2D eigenvalue weighted by molar-refractivity contribution is 6.32. The maximum Gasteiger partial charge on any atom is 0.222 e. The number of primary amides is 1. The van der Waals surface area contributed by atoms with Crippen LogP contribution in [0.15, 0.2) is 18.2 Å². The van der Waals surface area contributed by atoms with Gasteiger partial charge in [0.05, 0.1) is 18.1 Å². The standard InChI is InChI=1S/C11H15ClN2O2/c1-7(11(13)15)6-14-8-3-4-10(16-2)9(12)5-8/h3-5,7,14H,6H2,1-2H3,(H2,13,15). The van der Waals surface area contributed by atoms with Crippen molar-refractivity contribution in [1.29, 1.82) is 0 Å². The average Bonchev–Trinajstić information content (AvgIpc) is 2.25. The highest BCUT2D eigenvalue weighted by Crippen LogP contribution is 2.27. The number of carbonyl (C=O) groups excluding carboxylic acids is 1. The van der Waals surface area contributed by atoms with Crippen molar-refractivity contribution in [3.63, 3.8) is 0 Å². The first-order chi connectivity index (χ1) is 7.54. The number of anilines is 1. The van der Waals surface area contributed by atoms with Gasteiger partial charge in [0.25, 0.3) is 0 Å². The zero-order valence-electron chi connectivity index (χ0n) is 9.29. The third kappa shape index (κ3) is 3.31. The smallest absolute Gasteiger partial charge is 0.222 e. The van der Waals surface area contributed by atoms with Gasteiger partial charge in [0.2, 0.25) is 5.91 Å². The topological polar surface area (TPSA) is 64.3 Å². The lowest BCUT2D eigenvalue weighted by molar-refractivity contribution is -0.120. The molecule has 0 bridgehead atoms. The molecule has 0 aliphatic carbocycles. The fraction of sp³-hybridized carbons (Fsp3) is 0.364.